The van der Waals surface area contributed by atoms with Crippen molar-refractivity contribution in [2.24, 2.45) is 0 Å². The van der Waals surface area contributed by atoms with Crippen LogP contribution in [0.1, 0.15) is 49.6 Å². The monoisotopic (exact) mass is 459 g/mol. The van der Waals surface area contributed by atoms with Crippen LogP contribution in [0.3, 0.4) is 0 Å². The van der Waals surface area contributed by atoms with Crippen molar-refractivity contribution in [2.45, 2.75) is 51.9 Å². The van der Waals surface area contributed by atoms with E-state index in [1.807, 2.05) is 44.2 Å². The van der Waals surface area contributed by atoms with E-state index >= 15 is 0 Å². The fourth-order valence-electron chi connectivity index (χ4n) is 4.22. The van der Waals surface area contributed by atoms with Gasteiger partial charge in [0, 0.05) is 29.2 Å². The molecule has 6 nitrogen and oxygen atoms in total. The zero-order chi connectivity index (χ0) is 23.5. The van der Waals surface area contributed by atoms with Crippen LogP contribution in [0.4, 0.5) is 0 Å². The van der Waals surface area contributed by atoms with E-state index in [-0.39, 0.29) is 5.91 Å². The SMILES string of the molecule is Cc1cc(C)c(CCNC(=O)c2ccccc2CSc2nc3nc(C)cc(C)n3n2)c(C)c1. The lowest BCUT2D eigenvalue weighted by Gasteiger charge is -2.13. The maximum Gasteiger partial charge on any atom is 0.253 e. The maximum atomic E-state index is 12.9. The van der Waals surface area contributed by atoms with Gasteiger partial charge in [0.15, 0.2) is 0 Å². The summed E-state index contributed by atoms with van der Waals surface area (Å²) < 4.78 is 1.75. The van der Waals surface area contributed by atoms with E-state index in [0.717, 1.165) is 23.4 Å². The number of hydrogen-bond acceptors (Lipinski definition) is 5. The first-order valence-corrected chi connectivity index (χ1v) is 12.1. The van der Waals surface area contributed by atoms with Crippen LogP contribution >= 0.6 is 11.8 Å². The number of benzene rings is 2. The second-order valence-corrected chi connectivity index (χ2v) is 9.42. The highest BCUT2D eigenvalue weighted by Crippen LogP contribution is 2.23. The first kappa shape index (κ1) is 23.0. The number of rotatable bonds is 7. The molecule has 1 amide bonds. The number of fused-ring (bicyclic) bond motifs is 1. The summed E-state index contributed by atoms with van der Waals surface area (Å²) >= 11 is 1.51. The zero-order valence-electron chi connectivity index (χ0n) is 19.8. The van der Waals surface area contributed by atoms with Gasteiger partial charge < -0.3 is 5.32 Å². The van der Waals surface area contributed by atoms with Gasteiger partial charge in [-0.15, -0.1) is 5.10 Å². The van der Waals surface area contributed by atoms with Gasteiger partial charge in [-0.1, -0.05) is 47.7 Å². The van der Waals surface area contributed by atoms with E-state index in [0.29, 0.717) is 28.8 Å². The molecule has 0 aliphatic carbocycles. The number of amides is 1. The molecule has 0 fully saturated rings. The summed E-state index contributed by atoms with van der Waals surface area (Å²) in [7, 11) is 0. The van der Waals surface area contributed by atoms with E-state index in [9.17, 15) is 4.79 Å². The third-order valence-corrected chi connectivity index (χ3v) is 6.61. The quantitative estimate of drug-likeness (QED) is 0.397. The second-order valence-electron chi connectivity index (χ2n) is 8.47. The van der Waals surface area contributed by atoms with E-state index < -0.39 is 0 Å². The Hall–Kier alpha value is -3.19. The predicted octanol–water partition coefficient (Wildman–Crippen LogP) is 4.93. The Balaban J connectivity index is 1.42. The number of carbonyl (C=O) groups is 1. The van der Waals surface area contributed by atoms with Crippen LogP contribution < -0.4 is 5.32 Å². The lowest BCUT2D eigenvalue weighted by atomic mass is 9.97. The highest BCUT2D eigenvalue weighted by molar-refractivity contribution is 7.98. The van der Waals surface area contributed by atoms with Crippen molar-refractivity contribution in [1.29, 1.82) is 0 Å². The minimum atomic E-state index is -0.0512. The molecular formula is C26H29N5OS. The van der Waals surface area contributed by atoms with Gasteiger partial charge in [0.25, 0.3) is 11.7 Å². The van der Waals surface area contributed by atoms with Gasteiger partial charge in [0.2, 0.25) is 5.16 Å². The van der Waals surface area contributed by atoms with Crippen LogP contribution in [0.5, 0.6) is 0 Å². The highest BCUT2D eigenvalue weighted by Gasteiger charge is 2.14. The molecule has 4 aromatic rings. The maximum absolute atomic E-state index is 12.9. The summed E-state index contributed by atoms with van der Waals surface area (Å²) in [6.07, 6.45) is 0.817. The molecule has 7 heteroatoms. The lowest BCUT2D eigenvalue weighted by molar-refractivity contribution is 0.0953. The second kappa shape index (κ2) is 9.75. The van der Waals surface area contributed by atoms with E-state index in [1.54, 1.807) is 4.52 Å². The first-order valence-electron chi connectivity index (χ1n) is 11.1. The van der Waals surface area contributed by atoms with Crippen molar-refractivity contribution in [3.8, 4) is 0 Å². The number of nitrogens with one attached hydrogen (secondary N) is 1. The third-order valence-electron chi connectivity index (χ3n) is 5.72. The molecule has 0 radical (unpaired) electrons. The molecular weight excluding hydrogens is 430 g/mol. The largest absolute Gasteiger partial charge is 0.352 e. The minimum Gasteiger partial charge on any atom is -0.352 e. The molecule has 1 N–H and O–H groups in total. The number of thioether (sulfide) groups is 1. The third kappa shape index (κ3) is 5.25. The average Bonchev–Trinajstić information content (AvgIpc) is 3.17. The number of hydrogen-bond donors (Lipinski definition) is 1. The molecule has 0 bridgehead atoms. The van der Waals surface area contributed by atoms with E-state index in [2.05, 4.69) is 53.3 Å². The van der Waals surface area contributed by atoms with Gasteiger partial charge in [0.1, 0.15) is 0 Å². The Labute approximate surface area is 198 Å². The molecule has 0 saturated heterocycles. The molecule has 2 heterocycles. The molecule has 0 aliphatic heterocycles. The summed E-state index contributed by atoms with van der Waals surface area (Å²) in [5.74, 6) is 1.15. The Morgan fingerprint density at radius 3 is 2.48 bits per heavy atom. The van der Waals surface area contributed by atoms with Crippen LogP contribution in [-0.4, -0.2) is 32.0 Å². The fraction of sp³-hybridized carbons (Fsp3) is 0.308. The molecule has 0 aliphatic rings. The van der Waals surface area contributed by atoms with Crippen LogP contribution in [-0.2, 0) is 12.2 Å². The predicted molar refractivity (Wildman–Crippen MR) is 133 cm³/mol. The summed E-state index contributed by atoms with van der Waals surface area (Å²) in [6.45, 7) is 10.9. The van der Waals surface area contributed by atoms with Crippen molar-refractivity contribution in [3.05, 3.63) is 87.2 Å². The summed E-state index contributed by atoms with van der Waals surface area (Å²) in [5, 5.41) is 8.30. The van der Waals surface area contributed by atoms with E-state index in [1.165, 1.54) is 34.0 Å². The average molecular weight is 460 g/mol. The van der Waals surface area contributed by atoms with Gasteiger partial charge in [-0.3, -0.25) is 4.79 Å². The Bertz CT molecular complexity index is 1300. The molecule has 0 spiro atoms. The molecule has 0 saturated carbocycles. The number of nitrogens with zero attached hydrogens (tertiary/aromatic N) is 4. The lowest BCUT2D eigenvalue weighted by Crippen LogP contribution is -2.27. The fourth-order valence-corrected chi connectivity index (χ4v) is 5.04. The van der Waals surface area contributed by atoms with Crippen LogP contribution in [0.2, 0.25) is 0 Å². The van der Waals surface area contributed by atoms with Crippen LogP contribution in [0, 0.1) is 34.6 Å². The topological polar surface area (TPSA) is 72.2 Å². The molecule has 0 atom stereocenters. The normalized spacial score (nSPS) is 11.2. The van der Waals surface area contributed by atoms with Gasteiger partial charge in [0.05, 0.1) is 0 Å². The van der Waals surface area contributed by atoms with Gasteiger partial charge in [-0.2, -0.15) is 4.98 Å². The number of aryl methyl sites for hydroxylation is 5. The molecule has 2 aromatic carbocycles. The van der Waals surface area contributed by atoms with Gasteiger partial charge >= 0.3 is 0 Å². The summed E-state index contributed by atoms with van der Waals surface area (Å²) in [4.78, 5) is 21.9. The first-order chi connectivity index (χ1) is 15.8. The van der Waals surface area contributed by atoms with Crippen molar-refractivity contribution in [1.82, 2.24) is 24.9 Å². The van der Waals surface area contributed by atoms with Gasteiger partial charge in [-0.05, 0) is 75.4 Å². The molecule has 170 valence electrons. The number of aromatic nitrogens is 4. The van der Waals surface area contributed by atoms with Crippen molar-refractivity contribution in [3.63, 3.8) is 0 Å². The Kier molecular flexibility index (Phi) is 6.79. The van der Waals surface area contributed by atoms with Crippen molar-refractivity contribution >= 4 is 23.4 Å². The summed E-state index contributed by atoms with van der Waals surface area (Å²) in [6, 6.07) is 14.1. The zero-order valence-corrected chi connectivity index (χ0v) is 20.6. The van der Waals surface area contributed by atoms with Crippen LogP contribution in [0.15, 0.2) is 47.6 Å². The van der Waals surface area contributed by atoms with E-state index in [4.69, 9.17) is 0 Å². The highest BCUT2D eigenvalue weighted by atomic mass is 32.2. The molecule has 2 aromatic heterocycles. The standard InChI is InChI=1S/C26H29N5OS/c1-16-12-17(2)22(18(3)13-16)10-11-27-24(32)23-9-7-6-8-21(23)15-33-26-29-25-28-19(4)14-20(5)31(25)30-26/h6-9,12-14H,10-11,15H2,1-5H3,(H,27,32). The number of carbonyl (C=O) groups excluding carboxylic acids is 1. The van der Waals surface area contributed by atoms with Crippen molar-refractivity contribution < 1.29 is 4.79 Å². The Morgan fingerprint density at radius 1 is 1.00 bits per heavy atom. The molecule has 33 heavy (non-hydrogen) atoms. The smallest absolute Gasteiger partial charge is 0.253 e. The van der Waals surface area contributed by atoms with Crippen molar-refractivity contribution in [2.75, 3.05) is 6.54 Å². The molecule has 4 rings (SSSR count). The van der Waals surface area contributed by atoms with Crippen LogP contribution in [0.25, 0.3) is 5.78 Å². The Morgan fingerprint density at radius 2 is 1.73 bits per heavy atom. The van der Waals surface area contributed by atoms with Gasteiger partial charge in [-0.25, -0.2) is 9.50 Å². The summed E-state index contributed by atoms with van der Waals surface area (Å²) in [5.41, 5.74) is 8.69. The minimum absolute atomic E-state index is 0.0512. The molecule has 0 unspecified atom stereocenters.